The van der Waals surface area contributed by atoms with E-state index in [-0.39, 0.29) is 9.74 Å². The van der Waals surface area contributed by atoms with Crippen LogP contribution in [0.2, 0.25) is 0 Å². The summed E-state index contributed by atoms with van der Waals surface area (Å²) >= 11 is 4.02. The number of carbonyl (C=O) groups is 1. The lowest BCUT2D eigenvalue weighted by Gasteiger charge is -2.59. The lowest BCUT2D eigenvalue weighted by molar-refractivity contribution is -0.144. The molecule has 1 heterocycles. The molecule has 0 radical (unpaired) electrons. The lowest BCUT2D eigenvalue weighted by atomic mass is 9.49. The van der Waals surface area contributed by atoms with E-state index in [1.54, 1.807) is 0 Å². The van der Waals surface area contributed by atoms with Crippen LogP contribution in [-0.4, -0.2) is 54.0 Å². The SMILES string of the molecule is CC(C)C(CNC(=O)C12CC3CC(CC(Br)(C3)C1)C2)N1CCOCC1. The van der Waals surface area contributed by atoms with E-state index in [1.807, 2.05) is 0 Å². The summed E-state index contributed by atoms with van der Waals surface area (Å²) in [7, 11) is 0. The number of morpholine rings is 1. The van der Waals surface area contributed by atoms with Gasteiger partial charge in [0.2, 0.25) is 5.91 Å². The molecule has 3 unspecified atom stereocenters. The van der Waals surface area contributed by atoms with Gasteiger partial charge in [-0.25, -0.2) is 0 Å². The number of alkyl halides is 1. The van der Waals surface area contributed by atoms with Crippen molar-refractivity contribution in [2.45, 2.75) is 62.7 Å². The topological polar surface area (TPSA) is 41.6 Å². The summed E-state index contributed by atoms with van der Waals surface area (Å²) in [5.74, 6) is 2.39. The van der Waals surface area contributed by atoms with Gasteiger partial charge in [0.1, 0.15) is 0 Å². The Morgan fingerprint density at radius 3 is 2.40 bits per heavy atom. The van der Waals surface area contributed by atoms with Gasteiger partial charge in [-0.1, -0.05) is 29.8 Å². The minimum Gasteiger partial charge on any atom is -0.379 e. The van der Waals surface area contributed by atoms with Gasteiger partial charge < -0.3 is 10.1 Å². The van der Waals surface area contributed by atoms with Crippen molar-refractivity contribution in [3.63, 3.8) is 0 Å². The van der Waals surface area contributed by atoms with Crippen LogP contribution < -0.4 is 5.32 Å². The number of carbonyl (C=O) groups excluding carboxylic acids is 1. The van der Waals surface area contributed by atoms with Gasteiger partial charge in [0.25, 0.3) is 0 Å². The molecule has 1 saturated heterocycles. The van der Waals surface area contributed by atoms with Crippen molar-refractivity contribution in [1.29, 1.82) is 0 Å². The molecule has 3 atom stereocenters. The molecule has 1 N–H and O–H groups in total. The Kier molecular flexibility index (Phi) is 4.96. The Morgan fingerprint density at radius 2 is 1.84 bits per heavy atom. The number of hydrogen-bond acceptors (Lipinski definition) is 3. The molecule has 142 valence electrons. The average molecular weight is 413 g/mol. The molecular weight excluding hydrogens is 380 g/mol. The molecule has 1 amide bonds. The summed E-state index contributed by atoms with van der Waals surface area (Å²) in [5.41, 5.74) is -0.0971. The van der Waals surface area contributed by atoms with Gasteiger partial charge in [0.05, 0.1) is 18.6 Å². The first-order valence-corrected chi connectivity index (χ1v) is 11.0. The van der Waals surface area contributed by atoms with E-state index in [0.29, 0.717) is 17.9 Å². The van der Waals surface area contributed by atoms with E-state index in [4.69, 9.17) is 4.74 Å². The monoisotopic (exact) mass is 412 g/mol. The lowest BCUT2D eigenvalue weighted by Crippen LogP contribution is -2.59. The Balaban J connectivity index is 1.41. The molecule has 4 nitrogen and oxygen atoms in total. The van der Waals surface area contributed by atoms with Crippen molar-refractivity contribution in [1.82, 2.24) is 10.2 Å². The fraction of sp³-hybridized carbons (Fsp3) is 0.950. The molecule has 4 saturated carbocycles. The van der Waals surface area contributed by atoms with E-state index < -0.39 is 0 Å². The van der Waals surface area contributed by atoms with Crippen molar-refractivity contribution < 1.29 is 9.53 Å². The Hall–Kier alpha value is -0.130. The number of amides is 1. The maximum absolute atomic E-state index is 13.3. The van der Waals surface area contributed by atoms with Crippen LogP contribution in [0.1, 0.15) is 52.4 Å². The van der Waals surface area contributed by atoms with Crippen LogP contribution in [0.15, 0.2) is 0 Å². The summed E-state index contributed by atoms with van der Waals surface area (Å²) in [5, 5.41) is 3.39. The first kappa shape index (κ1) is 18.2. The maximum Gasteiger partial charge on any atom is 0.226 e. The van der Waals surface area contributed by atoms with Crippen LogP contribution in [0.3, 0.4) is 0 Å². The van der Waals surface area contributed by atoms with Gasteiger partial charge in [-0.2, -0.15) is 0 Å². The Labute approximate surface area is 160 Å². The molecule has 5 heteroatoms. The highest BCUT2D eigenvalue weighted by atomic mass is 79.9. The highest BCUT2D eigenvalue weighted by molar-refractivity contribution is 9.10. The molecule has 0 aromatic carbocycles. The molecular formula is C20H33BrN2O2. The van der Waals surface area contributed by atoms with Gasteiger partial charge in [-0.3, -0.25) is 9.69 Å². The predicted molar refractivity (Wildman–Crippen MR) is 103 cm³/mol. The third kappa shape index (κ3) is 3.53. The van der Waals surface area contributed by atoms with Gasteiger partial charge in [0.15, 0.2) is 0 Å². The minimum atomic E-state index is -0.0971. The van der Waals surface area contributed by atoms with E-state index >= 15 is 0 Å². The molecule has 4 bridgehead atoms. The smallest absolute Gasteiger partial charge is 0.226 e. The van der Waals surface area contributed by atoms with Crippen molar-refractivity contribution in [3.8, 4) is 0 Å². The quantitative estimate of drug-likeness (QED) is 0.704. The van der Waals surface area contributed by atoms with Crippen molar-refractivity contribution >= 4 is 21.8 Å². The zero-order chi connectivity index (χ0) is 17.7. The van der Waals surface area contributed by atoms with Crippen LogP contribution in [0, 0.1) is 23.2 Å². The highest BCUT2D eigenvalue weighted by Crippen LogP contribution is 2.64. The second-order valence-corrected chi connectivity index (χ2v) is 11.2. The summed E-state index contributed by atoms with van der Waals surface area (Å²) in [4.78, 5) is 15.8. The van der Waals surface area contributed by atoms with Gasteiger partial charge >= 0.3 is 0 Å². The first-order chi connectivity index (χ1) is 11.9. The number of rotatable bonds is 5. The fourth-order valence-corrected chi connectivity index (χ4v) is 7.95. The normalized spacial score (nSPS) is 41.9. The molecule has 0 aromatic rings. The summed E-state index contributed by atoms with van der Waals surface area (Å²) in [6.45, 7) is 8.92. The van der Waals surface area contributed by atoms with Crippen LogP contribution in [0.25, 0.3) is 0 Å². The number of nitrogens with one attached hydrogen (secondary N) is 1. The average Bonchev–Trinajstić information content (AvgIpc) is 2.53. The van der Waals surface area contributed by atoms with Crippen LogP contribution >= 0.6 is 15.9 Å². The van der Waals surface area contributed by atoms with Crippen LogP contribution in [-0.2, 0) is 9.53 Å². The molecule has 0 aromatic heterocycles. The van der Waals surface area contributed by atoms with Crippen LogP contribution in [0.4, 0.5) is 0 Å². The molecule has 25 heavy (non-hydrogen) atoms. The number of halogens is 1. The van der Waals surface area contributed by atoms with E-state index in [2.05, 4.69) is 40.0 Å². The minimum absolute atomic E-state index is 0.0971. The highest BCUT2D eigenvalue weighted by Gasteiger charge is 2.59. The second-order valence-electron chi connectivity index (χ2n) is 9.56. The maximum atomic E-state index is 13.3. The number of ether oxygens (including phenoxy) is 1. The van der Waals surface area contributed by atoms with Gasteiger partial charge in [-0.15, -0.1) is 0 Å². The zero-order valence-electron chi connectivity index (χ0n) is 15.7. The third-order valence-corrected chi connectivity index (χ3v) is 8.16. The first-order valence-electron chi connectivity index (χ1n) is 10.2. The van der Waals surface area contributed by atoms with Crippen molar-refractivity contribution in [3.05, 3.63) is 0 Å². The Morgan fingerprint density at radius 1 is 1.20 bits per heavy atom. The van der Waals surface area contributed by atoms with E-state index in [1.165, 1.54) is 19.3 Å². The largest absolute Gasteiger partial charge is 0.379 e. The predicted octanol–water partition coefficient (Wildman–Crippen LogP) is 3.19. The Bertz CT molecular complexity index is 504. The summed E-state index contributed by atoms with van der Waals surface area (Å²) < 4.78 is 5.74. The third-order valence-electron chi connectivity index (χ3n) is 7.23. The zero-order valence-corrected chi connectivity index (χ0v) is 17.3. The van der Waals surface area contributed by atoms with Gasteiger partial charge in [-0.05, 0) is 56.3 Å². The van der Waals surface area contributed by atoms with Gasteiger partial charge in [0, 0.05) is 30.0 Å². The standard InChI is InChI=1S/C20H33BrN2O2/c1-14(2)17(23-3-5-25-6-4-23)12-22-18(24)19-8-15-7-16(9-19)11-20(21,10-15)13-19/h14-17H,3-13H2,1-2H3,(H,22,24). The summed E-state index contributed by atoms with van der Waals surface area (Å²) in [6, 6.07) is 0.416. The molecule has 0 spiro atoms. The summed E-state index contributed by atoms with van der Waals surface area (Å²) in [6.07, 6.45) is 7.19. The number of nitrogens with zero attached hydrogens (tertiary/aromatic N) is 1. The second kappa shape index (κ2) is 6.79. The van der Waals surface area contributed by atoms with E-state index in [0.717, 1.165) is 63.9 Å². The molecule has 5 rings (SSSR count). The number of hydrogen-bond donors (Lipinski definition) is 1. The molecule has 1 aliphatic heterocycles. The van der Waals surface area contributed by atoms with E-state index in [9.17, 15) is 4.79 Å². The van der Waals surface area contributed by atoms with Crippen LogP contribution in [0.5, 0.6) is 0 Å². The molecule has 5 fully saturated rings. The fourth-order valence-electron chi connectivity index (χ4n) is 6.50. The van der Waals surface area contributed by atoms with Crippen molar-refractivity contribution in [2.75, 3.05) is 32.8 Å². The molecule has 5 aliphatic rings. The van der Waals surface area contributed by atoms with Crippen molar-refractivity contribution in [2.24, 2.45) is 23.2 Å². The molecule has 4 aliphatic carbocycles.